The number of rotatable bonds is 7. The average Bonchev–Trinajstić information content (AvgIpc) is 2.85. The molecule has 1 aromatic carbocycles. The number of nitrogens with zero attached hydrogens (tertiary/aromatic N) is 2. The van der Waals surface area contributed by atoms with Gasteiger partial charge in [-0.3, -0.25) is 4.68 Å². The number of aryl methyl sites for hydroxylation is 1. The SMILES string of the molecule is COc1ccc(OCCNCc2cnn(C)c2)cc1. The zero-order valence-electron chi connectivity index (χ0n) is 11.3. The minimum Gasteiger partial charge on any atom is -0.497 e. The molecule has 0 bridgehead atoms. The number of ether oxygens (including phenoxy) is 2. The van der Waals surface area contributed by atoms with Crippen LogP contribution in [0.5, 0.6) is 11.5 Å². The van der Waals surface area contributed by atoms with Crippen LogP contribution < -0.4 is 14.8 Å². The summed E-state index contributed by atoms with van der Waals surface area (Å²) in [6, 6.07) is 7.58. The van der Waals surface area contributed by atoms with E-state index in [-0.39, 0.29) is 0 Å². The third kappa shape index (κ3) is 4.30. The van der Waals surface area contributed by atoms with Gasteiger partial charge < -0.3 is 14.8 Å². The smallest absolute Gasteiger partial charge is 0.119 e. The Balaban J connectivity index is 1.63. The number of methoxy groups -OCH3 is 1. The molecule has 0 spiro atoms. The lowest BCUT2D eigenvalue weighted by Gasteiger charge is -2.07. The van der Waals surface area contributed by atoms with Crippen LogP contribution in [0.3, 0.4) is 0 Å². The van der Waals surface area contributed by atoms with E-state index >= 15 is 0 Å². The highest BCUT2D eigenvalue weighted by atomic mass is 16.5. The van der Waals surface area contributed by atoms with Crippen LogP contribution in [0.2, 0.25) is 0 Å². The molecule has 19 heavy (non-hydrogen) atoms. The predicted molar refractivity (Wildman–Crippen MR) is 73.4 cm³/mol. The Bertz CT molecular complexity index is 494. The Morgan fingerprint density at radius 2 is 1.95 bits per heavy atom. The zero-order chi connectivity index (χ0) is 13.5. The molecule has 2 rings (SSSR count). The number of aromatic nitrogens is 2. The summed E-state index contributed by atoms with van der Waals surface area (Å²) in [6.45, 7) is 2.23. The molecule has 0 amide bonds. The zero-order valence-corrected chi connectivity index (χ0v) is 11.3. The molecular formula is C14H19N3O2. The third-order valence-corrected chi connectivity index (χ3v) is 2.69. The maximum Gasteiger partial charge on any atom is 0.119 e. The van der Waals surface area contributed by atoms with Crippen molar-refractivity contribution in [2.75, 3.05) is 20.3 Å². The van der Waals surface area contributed by atoms with Crippen molar-refractivity contribution in [2.45, 2.75) is 6.54 Å². The molecule has 1 N–H and O–H groups in total. The highest BCUT2D eigenvalue weighted by Gasteiger charge is 1.97. The molecule has 5 nitrogen and oxygen atoms in total. The van der Waals surface area contributed by atoms with Gasteiger partial charge in [-0.2, -0.15) is 5.10 Å². The van der Waals surface area contributed by atoms with Crippen molar-refractivity contribution in [3.8, 4) is 11.5 Å². The summed E-state index contributed by atoms with van der Waals surface area (Å²) in [5, 5.41) is 7.42. The van der Waals surface area contributed by atoms with E-state index in [1.165, 1.54) is 5.56 Å². The number of benzene rings is 1. The molecule has 2 aromatic rings. The Hall–Kier alpha value is -2.01. The minimum atomic E-state index is 0.632. The summed E-state index contributed by atoms with van der Waals surface area (Å²) < 4.78 is 12.5. The standard InChI is InChI=1S/C14H19N3O2/c1-17-11-12(10-16-17)9-15-7-8-19-14-5-3-13(18-2)4-6-14/h3-6,10-11,15H,7-9H2,1-2H3. The molecule has 5 heteroatoms. The summed E-state index contributed by atoms with van der Waals surface area (Å²) in [6.07, 6.45) is 3.86. The van der Waals surface area contributed by atoms with Gasteiger partial charge in [-0.25, -0.2) is 0 Å². The molecular weight excluding hydrogens is 242 g/mol. The van der Waals surface area contributed by atoms with E-state index in [9.17, 15) is 0 Å². The van der Waals surface area contributed by atoms with Crippen LogP contribution in [0.1, 0.15) is 5.56 Å². The second kappa shape index (κ2) is 6.80. The van der Waals surface area contributed by atoms with Gasteiger partial charge in [0.15, 0.2) is 0 Å². The van der Waals surface area contributed by atoms with Gasteiger partial charge in [0.1, 0.15) is 18.1 Å². The van der Waals surface area contributed by atoms with E-state index in [0.29, 0.717) is 6.61 Å². The normalized spacial score (nSPS) is 10.4. The van der Waals surface area contributed by atoms with Crippen molar-refractivity contribution in [3.05, 3.63) is 42.2 Å². The first-order valence-electron chi connectivity index (χ1n) is 6.23. The summed E-state index contributed by atoms with van der Waals surface area (Å²) >= 11 is 0. The van der Waals surface area contributed by atoms with E-state index in [2.05, 4.69) is 10.4 Å². The van der Waals surface area contributed by atoms with Crippen molar-refractivity contribution in [2.24, 2.45) is 7.05 Å². The largest absolute Gasteiger partial charge is 0.497 e. The minimum absolute atomic E-state index is 0.632. The van der Waals surface area contributed by atoms with Crippen molar-refractivity contribution in [1.29, 1.82) is 0 Å². The lowest BCUT2D eigenvalue weighted by Crippen LogP contribution is -2.20. The topological polar surface area (TPSA) is 48.3 Å². The molecule has 0 aliphatic heterocycles. The Morgan fingerprint density at radius 1 is 1.21 bits per heavy atom. The van der Waals surface area contributed by atoms with Crippen LogP contribution in [0, 0.1) is 0 Å². The number of nitrogens with one attached hydrogen (secondary N) is 1. The van der Waals surface area contributed by atoms with Crippen LogP contribution in [0.15, 0.2) is 36.7 Å². The second-order valence-corrected chi connectivity index (χ2v) is 4.22. The van der Waals surface area contributed by atoms with Crippen molar-refractivity contribution in [1.82, 2.24) is 15.1 Å². The Kier molecular flexibility index (Phi) is 4.80. The first-order valence-corrected chi connectivity index (χ1v) is 6.23. The van der Waals surface area contributed by atoms with Gasteiger partial charge in [-0.1, -0.05) is 0 Å². The predicted octanol–water partition coefficient (Wildman–Crippen LogP) is 1.60. The lowest BCUT2D eigenvalue weighted by molar-refractivity contribution is 0.313. The molecule has 0 fully saturated rings. The Labute approximate surface area is 113 Å². The molecule has 102 valence electrons. The fourth-order valence-electron chi connectivity index (χ4n) is 1.71. The number of hydrogen-bond donors (Lipinski definition) is 1. The van der Waals surface area contributed by atoms with E-state index < -0.39 is 0 Å². The first kappa shape index (κ1) is 13.4. The van der Waals surface area contributed by atoms with E-state index in [0.717, 1.165) is 24.6 Å². The van der Waals surface area contributed by atoms with Gasteiger partial charge in [-0.15, -0.1) is 0 Å². The summed E-state index contributed by atoms with van der Waals surface area (Å²) in [5.41, 5.74) is 1.17. The van der Waals surface area contributed by atoms with Crippen molar-refractivity contribution in [3.63, 3.8) is 0 Å². The maximum atomic E-state index is 5.61. The van der Waals surface area contributed by atoms with E-state index in [1.54, 1.807) is 11.8 Å². The summed E-state index contributed by atoms with van der Waals surface area (Å²) in [5.74, 6) is 1.69. The average molecular weight is 261 g/mol. The number of hydrogen-bond acceptors (Lipinski definition) is 4. The van der Waals surface area contributed by atoms with Gasteiger partial charge in [0.25, 0.3) is 0 Å². The molecule has 1 aromatic heterocycles. The molecule has 0 saturated carbocycles. The van der Waals surface area contributed by atoms with Gasteiger partial charge >= 0.3 is 0 Å². The first-order chi connectivity index (χ1) is 9.28. The fraction of sp³-hybridized carbons (Fsp3) is 0.357. The van der Waals surface area contributed by atoms with Gasteiger partial charge in [-0.05, 0) is 24.3 Å². The third-order valence-electron chi connectivity index (χ3n) is 2.69. The molecule has 0 aliphatic carbocycles. The van der Waals surface area contributed by atoms with Crippen LogP contribution >= 0.6 is 0 Å². The van der Waals surface area contributed by atoms with Crippen LogP contribution in [0.25, 0.3) is 0 Å². The van der Waals surface area contributed by atoms with Gasteiger partial charge in [0, 0.05) is 31.9 Å². The summed E-state index contributed by atoms with van der Waals surface area (Å²) in [4.78, 5) is 0. The Morgan fingerprint density at radius 3 is 2.58 bits per heavy atom. The molecule has 0 saturated heterocycles. The highest BCUT2D eigenvalue weighted by Crippen LogP contribution is 2.16. The molecule has 0 atom stereocenters. The monoisotopic (exact) mass is 261 g/mol. The molecule has 0 unspecified atom stereocenters. The van der Waals surface area contributed by atoms with Gasteiger partial charge in [0.05, 0.1) is 13.3 Å². The lowest BCUT2D eigenvalue weighted by atomic mass is 10.3. The maximum absolute atomic E-state index is 5.61. The van der Waals surface area contributed by atoms with Crippen molar-refractivity contribution < 1.29 is 9.47 Å². The van der Waals surface area contributed by atoms with Gasteiger partial charge in [0.2, 0.25) is 0 Å². The molecule has 0 aliphatic rings. The van der Waals surface area contributed by atoms with Crippen LogP contribution in [-0.4, -0.2) is 30.0 Å². The van der Waals surface area contributed by atoms with Crippen molar-refractivity contribution >= 4 is 0 Å². The fourth-order valence-corrected chi connectivity index (χ4v) is 1.71. The van der Waals surface area contributed by atoms with Crippen LogP contribution in [-0.2, 0) is 13.6 Å². The van der Waals surface area contributed by atoms with E-state index in [1.807, 2.05) is 43.7 Å². The quantitative estimate of drug-likeness (QED) is 0.769. The van der Waals surface area contributed by atoms with E-state index in [4.69, 9.17) is 9.47 Å². The highest BCUT2D eigenvalue weighted by molar-refractivity contribution is 5.31. The summed E-state index contributed by atoms with van der Waals surface area (Å²) in [7, 11) is 3.56. The molecule has 0 radical (unpaired) electrons. The molecule has 1 heterocycles. The van der Waals surface area contributed by atoms with Crippen LogP contribution in [0.4, 0.5) is 0 Å². The second-order valence-electron chi connectivity index (χ2n) is 4.22.